The summed E-state index contributed by atoms with van der Waals surface area (Å²) in [5.41, 5.74) is 0.405. The molecule has 0 aliphatic carbocycles. The van der Waals surface area contributed by atoms with E-state index in [0.29, 0.717) is 27.6 Å². The van der Waals surface area contributed by atoms with Crippen molar-refractivity contribution >= 4 is 21.7 Å². The van der Waals surface area contributed by atoms with E-state index in [0.717, 1.165) is 0 Å². The molecule has 5 heteroatoms. The van der Waals surface area contributed by atoms with Crippen molar-refractivity contribution in [1.29, 1.82) is 0 Å². The molecule has 0 amide bonds. The van der Waals surface area contributed by atoms with Gasteiger partial charge in [0.1, 0.15) is 5.69 Å². The summed E-state index contributed by atoms with van der Waals surface area (Å²) in [6, 6.07) is 13.5. The summed E-state index contributed by atoms with van der Waals surface area (Å²) in [6.07, 6.45) is 0. The van der Waals surface area contributed by atoms with Gasteiger partial charge in [0.05, 0.1) is 5.39 Å². The number of furan rings is 1. The van der Waals surface area contributed by atoms with E-state index in [-0.39, 0.29) is 11.1 Å². The van der Waals surface area contributed by atoms with Crippen LogP contribution in [-0.4, -0.2) is 10.2 Å². The molecule has 0 atom stereocenters. The summed E-state index contributed by atoms with van der Waals surface area (Å²) in [7, 11) is 0. The van der Waals surface area contributed by atoms with Gasteiger partial charge >= 0.3 is 0 Å². The van der Waals surface area contributed by atoms with Crippen LogP contribution in [0.25, 0.3) is 33.2 Å². The second-order valence-corrected chi connectivity index (χ2v) is 4.72. The van der Waals surface area contributed by atoms with Gasteiger partial charge in [0.2, 0.25) is 0 Å². The molecule has 0 fully saturated rings. The highest BCUT2D eigenvalue weighted by atomic mass is 19.1. The zero-order valence-electron chi connectivity index (χ0n) is 10.8. The molecule has 102 valence electrons. The van der Waals surface area contributed by atoms with Crippen LogP contribution >= 0.6 is 0 Å². The van der Waals surface area contributed by atoms with E-state index in [1.165, 1.54) is 6.07 Å². The number of H-pyrrole nitrogens is 1. The summed E-state index contributed by atoms with van der Waals surface area (Å²) in [5, 5.41) is 8.33. The quantitative estimate of drug-likeness (QED) is 0.580. The molecule has 4 nitrogen and oxygen atoms in total. The summed E-state index contributed by atoms with van der Waals surface area (Å²) >= 11 is 0. The third kappa shape index (κ3) is 1.74. The van der Waals surface area contributed by atoms with Crippen LogP contribution in [-0.2, 0) is 0 Å². The number of hydrogen-bond donors (Lipinski definition) is 1. The van der Waals surface area contributed by atoms with E-state index in [9.17, 15) is 9.18 Å². The number of benzene rings is 2. The molecular formula is C16H9FN2O2. The summed E-state index contributed by atoms with van der Waals surface area (Å²) in [6.45, 7) is 0. The molecule has 4 rings (SSSR count). The molecule has 0 unspecified atom stereocenters. The Labute approximate surface area is 117 Å². The predicted molar refractivity (Wildman–Crippen MR) is 77.5 cm³/mol. The number of para-hydroxylation sites is 1. The van der Waals surface area contributed by atoms with Crippen LogP contribution in [0.1, 0.15) is 0 Å². The summed E-state index contributed by atoms with van der Waals surface area (Å²) in [5.74, 6) is -0.00460. The third-order valence-electron chi connectivity index (χ3n) is 3.43. The molecule has 4 aromatic rings. The van der Waals surface area contributed by atoms with Gasteiger partial charge in [0.15, 0.2) is 17.2 Å². The number of nitrogens with zero attached hydrogens (tertiary/aromatic N) is 1. The second-order valence-electron chi connectivity index (χ2n) is 4.72. The lowest BCUT2D eigenvalue weighted by Crippen LogP contribution is -2.08. The molecule has 0 aliphatic heterocycles. The fraction of sp³-hybridized carbons (Fsp3) is 0. The first kappa shape index (κ1) is 11.8. The van der Waals surface area contributed by atoms with Crippen molar-refractivity contribution in [2.75, 3.05) is 0 Å². The van der Waals surface area contributed by atoms with Gasteiger partial charge in [-0.3, -0.25) is 4.79 Å². The fourth-order valence-corrected chi connectivity index (χ4v) is 2.45. The third-order valence-corrected chi connectivity index (χ3v) is 3.43. The smallest absolute Gasteiger partial charge is 0.272 e. The van der Waals surface area contributed by atoms with Gasteiger partial charge in [-0.1, -0.05) is 30.3 Å². The van der Waals surface area contributed by atoms with Crippen molar-refractivity contribution in [3.63, 3.8) is 0 Å². The van der Waals surface area contributed by atoms with E-state index in [1.54, 1.807) is 36.4 Å². The molecule has 0 saturated carbocycles. The number of fused-ring (bicyclic) bond motifs is 2. The van der Waals surface area contributed by atoms with Crippen molar-refractivity contribution in [3.05, 3.63) is 64.7 Å². The second kappa shape index (κ2) is 4.28. The van der Waals surface area contributed by atoms with Crippen LogP contribution in [0.2, 0.25) is 0 Å². The van der Waals surface area contributed by atoms with Crippen LogP contribution in [0.3, 0.4) is 0 Å². The SMILES string of the molecule is O=c1[nH]nc(-c2cc3cccc(F)c3o2)c2ccccc12. The molecule has 2 aromatic heterocycles. The fourth-order valence-electron chi connectivity index (χ4n) is 2.45. The normalized spacial score (nSPS) is 11.3. The topological polar surface area (TPSA) is 58.9 Å². The van der Waals surface area contributed by atoms with Gasteiger partial charge in [-0.2, -0.15) is 5.10 Å². The Balaban J connectivity index is 2.07. The van der Waals surface area contributed by atoms with Gasteiger partial charge < -0.3 is 4.42 Å². The Morgan fingerprint density at radius 1 is 1.05 bits per heavy atom. The van der Waals surface area contributed by atoms with Crippen LogP contribution in [0.15, 0.2) is 57.7 Å². The Kier molecular flexibility index (Phi) is 2.41. The highest BCUT2D eigenvalue weighted by molar-refractivity contribution is 5.94. The Bertz CT molecular complexity index is 1030. The maximum atomic E-state index is 13.7. The van der Waals surface area contributed by atoms with Gasteiger partial charge in [-0.15, -0.1) is 0 Å². The molecule has 2 heterocycles. The minimum atomic E-state index is -0.424. The van der Waals surface area contributed by atoms with Gasteiger partial charge in [0.25, 0.3) is 5.56 Å². The maximum Gasteiger partial charge on any atom is 0.272 e. The first-order valence-electron chi connectivity index (χ1n) is 6.40. The highest BCUT2D eigenvalue weighted by Crippen LogP contribution is 2.31. The molecule has 1 N–H and O–H groups in total. The molecule has 2 aromatic carbocycles. The van der Waals surface area contributed by atoms with E-state index in [1.807, 2.05) is 6.07 Å². The first-order chi connectivity index (χ1) is 10.2. The number of hydrogen-bond acceptors (Lipinski definition) is 3. The minimum Gasteiger partial charge on any atom is -0.451 e. The molecule has 0 bridgehead atoms. The average molecular weight is 280 g/mol. The zero-order chi connectivity index (χ0) is 14.4. The van der Waals surface area contributed by atoms with E-state index >= 15 is 0 Å². The summed E-state index contributed by atoms with van der Waals surface area (Å²) in [4.78, 5) is 11.8. The number of aromatic nitrogens is 2. The van der Waals surface area contributed by atoms with E-state index < -0.39 is 5.82 Å². The molecule has 0 saturated heterocycles. The lowest BCUT2D eigenvalue weighted by molar-refractivity contribution is 0.567. The molecule has 21 heavy (non-hydrogen) atoms. The minimum absolute atomic E-state index is 0.185. The summed E-state index contributed by atoms with van der Waals surface area (Å²) < 4.78 is 19.3. The Morgan fingerprint density at radius 3 is 2.67 bits per heavy atom. The standard InChI is InChI=1S/C16H9FN2O2/c17-12-7-3-4-9-8-13(21-15(9)12)14-10-5-1-2-6-11(10)16(20)19-18-14/h1-8H,(H,19,20). The van der Waals surface area contributed by atoms with Crippen molar-refractivity contribution in [3.8, 4) is 11.5 Å². The van der Waals surface area contributed by atoms with E-state index in [2.05, 4.69) is 10.2 Å². The Hall–Kier alpha value is -2.95. The molecule has 0 spiro atoms. The lowest BCUT2D eigenvalue weighted by Gasteiger charge is -2.01. The number of halogens is 1. The largest absolute Gasteiger partial charge is 0.451 e. The van der Waals surface area contributed by atoms with E-state index in [4.69, 9.17) is 4.42 Å². The first-order valence-corrected chi connectivity index (χ1v) is 6.40. The zero-order valence-corrected chi connectivity index (χ0v) is 10.8. The average Bonchev–Trinajstić information content (AvgIpc) is 2.93. The Morgan fingerprint density at radius 2 is 1.86 bits per heavy atom. The van der Waals surface area contributed by atoms with Gasteiger partial charge in [-0.05, 0) is 18.2 Å². The number of rotatable bonds is 1. The van der Waals surface area contributed by atoms with Crippen LogP contribution in [0, 0.1) is 5.82 Å². The van der Waals surface area contributed by atoms with Gasteiger partial charge in [-0.25, -0.2) is 9.49 Å². The van der Waals surface area contributed by atoms with Crippen molar-refractivity contribution in [2.24, 2.45) is 0 Å². The maximum absolute atomic E-state index is 13.7. The molecule has 0 radical (unpaired) electrons. The molecule has 0 aliphatic rings. The van der Waals surface area contributed by atoms with Crippen molar-refractivity contribution < 1.29 is 8.81 Å². The van der Waals surface area contributed by atoms with Gasteiger partial charge in [0, 0.05) is 10.8 Å². The molecular weight excluding hydrogens is 271 g/mol. The van der Waals surface area contributed by atoms with Crippen molar-refractivity contribution in [1.82, 2.24) is 10.2 Å². The lowest BCUT2D eigenvalue weighted by atomic mass is 10.1. The number of aromatic amines is 1. The number of nitrogens with one attached hydrogen (secondary N) is 1. The van der Waals surface area contributed by atoms with Crippen molar-refractivity contribution in [2.45, 2.75) is 0 Å². The highest BCUT2D eigenvalue weighted by Gasteiger charge is 2.14. The van der Waals surface area contributed by atoms with Crippen LogP contribution in [0.4, 0.5) is 4.39 Å². The monoisotopic (exact) mass is 280 g/mol. The van der Waals surface area contributed by atoms with Crippen LogP contribution in [0.5, 0.6) is 0 Å². The predicted octanol–water partition coefficient (Wildman–Crippen LogP) is 3.48. The van der Waals surface area contributed by atoms with Crippen LogP contribution < -0.4 is 5.56 Å².